The molecular weight excluding hydrogens is 420 g/mol. The molecule has 0 radical (unpaired) electrons. The smallest absolute Gasteiger partial charge is 0.255 e. The molecule has 7 heteroatoms. The maximum atomic E-state index is 13.3. The van der Waals surface area contributed by atoms with Gasteiger partial charge >= 0.3 is 0 Å². The zero-order valence-electron chi connectivity index (χ0n) is 18.3. The van der Waals surface area contributed by atoms with Crippen LogP contribution in [0.5, 0.6) is 0 Å². The Morgan fingerprint density at radius 2 is 1.78 bits per heavy atom. The van der Waals surface area contributed by atoms with E-state index in [1.807, 2.05) is 60.4 Å². The number of rotatable bonds is 7. The maximum absolute atomic E-state index is 13.3. The summed E-state index contributed by atoms with van der Waals surface area (Å²) in [4.78, 5) is 30.6. The van der Waals surface area contributed by atoms with Crippen LogP contribution in [0.1, 0.15) is 41.3 Å². The highest BCUT2D eigenvalue weighted by atomic mass is 32.2. The van der Waals surface area contributed by atoms with Gasteiger partial charge in [-0.05, 0) is 49.6 Å². The molecule has 0 aromatic heterocycles. The maximum Gasteiger partial charge on any atom is 0.255 e. The predicted molar refractivity (Wildman–Crippen MR) is 125 cm³/mol. The van der Waals surface area contributed by atoms with Crippen molar-refractivity contribution >= 4 is 23.6 Å². The van der Waals surface area contributed by atoms with Crippen molar-refractivity contribution in [2.24, 2.45) is 0 Å². The van der Waals surface area contributed by atoms with Crippen molar-refractivity contribution in [3.63, 3.8) is 0 Å². The van der Waals surface area contributed by atoms with Crippen LogP contribution in [0, 0.1) is 11.3 Å². The number of amides is 2. The summed E-state index contributed by atoms with van der Waals surface area (Å²) in [6.45, 7) is 4.59. The number of thioether (sulfide) groups is 1. The van der Waals surface area contributed by atoms with Crippen molar-refractivity contribution in [2.45, 2.75) is 42.5 Å². The molecule has 0 bridgehead atoms. The van der Waals surface area contributed by atoms with Crippen LogP contribution in [-0.2, 0) is 10.5 Å². The molecule has 4 rings (SSSR count). The van der Waals surface area contributed by atoms with E-state index in [1.165, 1.54) is 0 Å². The zero-order valence-corrected chi connectivity index (χ0v) is 19.1. The number of benzene rings is 2. The third kappa shape index (κ3) is 5.50. The normalized spacial score (nSPS) is 17.4. The van der Waals surface area contributed by atoms with Gasteiger partial charge in [0.1, 0.15) is 0 Å². The molecule has 166 valence electrons. The van der Waals surface area contributed by atoms with Gasteiger partial charge < -0.3 is 10.2 Å². The lowest BCUT2D eigenvalue weighted by atomic mass is 10.1. The van der Waals surface area contributed by atoms with Gasteiger partial charge in [0.05, 0.1) is 23.2 Å². The van der Waals surface area contributed by atoms with E-state index in [1.54, 1.807) is 11.8 Å². The molecule has 2 aromatic carbocycles. The van der Waals surface area contributed by atoms with E-state index >= 15 is 0 Å². The Labute approximate surface area is 193 Å². The summed E-state index contributed by atoms with van der Waals surface area (Å²) in [6.07, 6.45) is 2.17. The summed E-state index contributed by atoms with van der Waals surface area (Å²) in [6, 6.07) is 17.6. The van der Waals surface area contributed by atoms with Crippen LogP contribution in [0.3, 0.4) is 0 Å². The summed E-state index contributed by atoms with van der Waals surface area (Å²) in [5, 5.41) is 12.0. The second-order valence-electron chi connectivity index (χ2n) is 8.38. The molecule has 6 nitrogen and oxygen atoms in total. The van der Waals surface area contributed by atoms with Gasteiger partial charge in [-0.3, -0.25) is 14.5 Å². The van der Waals surface area contributed by atoms with E-state index in [0.29, 0.717) is 37.8 Å². The molecule has 1 atom stereocenters. The fraction of sp³-hybridized carbons (Fsp3) is 0.400. The highest BCUT2D eigenvalue weighted by Crippen LogP contribution is 2.28. The molecule has 1 saturated carbocycles. The molecular formula is C25H28N4O2S. The lowest BCUT2D eigenvalue weighted by Gasteiger charge is -2.37. The number of piperazine rings is 1. The first-order chi connectivity index (χ1) is 15.5. The lowest BCUT2D eigenvalue weighted by molar-refractivity contribution is -0.126. The summed E-state index contributed by atoms with van der Waals surface area (Å²) in [5.41, 5.74) is 2.48. The SMILES string of the molecule is CC(C(=O)NC1CC1)N1CCN(C(=O)c2ccccc2SCc2ccc(C#N)cc2)CC1. The Balaban J connectivity index is 1.34. The Hall–Kier alpha value is -2.82. The summed E-state index contributed by atoms with van der Waals surface area (Å²) < 4.78 is 0. The molecule has 1 unspecified atom stereocenters. The molecule has 1 aliphatic heterocycles. The Bertz CT molecular complexity index is 1010. The van der Waals surface area contributed by atoms with Crippen molar-refractivity contribution in [3.05, 3.63) is 65.2 Å². The van der Waals surface area contributed by atoms with Crippen LogP contribution >= 0.6 is 11.8 Å². The van der Waals surface area contributed by atoms with Crippen LogP contribution in [0.25, 0.3) is 0 Å². The molecule has 2 amide bonds. The van der Waals surface area contributed by atoms with Crippen LogP contribution in [0.15, 0.2) is 53.4 Å². The molecule has 1 saturated heterocycles. The highest BCUT2D eigenvalue weighted by Gasteiger charge is 2.31. The predicted octanol–water partition coefficient (Wildman–Crippen LogP) is 3.28. The van der Waals surface area contributed by atoms with Gasteiger partial charge in [0.25, 0.3) is 5.91 Å². The summed E-state index contributed by atoms with van der Waals surface area (Å²) in [5.74, 6) is 0.872. The monoisotopic (exact) mass is 448 g/mol. The quantitative estimate of drug-likeness (QED) is 0.658. The molecule has 1 heterocycles. The second-order valence-corrected chi connectivity index (χ2v) is 9.40. The molecule has 1 aliphatic carbocycles. The minimum absolute atomic E-state index is 0.0441. The molecule has 2 fully saturated rings. The fourth-order valence-electron chi connectivity index (χ4n) is 3.80. The number of hydrogen-bond donors (Lipinski definition) is 1. The third-order valence-corrected chi connectivity index (χ3v) is 7.19. The van der Waals surface area contributed by atoms with E-state index in [4.69, 9.17) is 5.26 Å². The van der Waals surface area contributed by atoms with Crippen molar-refractivity contribution < 1.29 is 9.59 Å². The van der Waals surface area contributed by atoms with Gasteiger partial charge in [0.2, 0.25) is 5.91 Å². The van der Waals surface area contributed by atoms with Crippen molar-refractivity contribution in [3.8, 4) is 6.07 Å². The van der Waals surface area contributed by atoms with Gasteiger partial charge in [0, 0.05) is 42.9 Å². The summed E-state index contributed by atoms with van der Waals surface area (Å²) >= 11 is 1.63. The number of carbonyl (C=O) groups is 2. The van der Waals surface area contributed by atoms with Crippen molar-refractivity contribution in [1.82, 2.24) is 15.1 Å². The van der Waals surface area contributed by atoms with Crippen LogP contribution in [0.2, 0.25) is 0 Å². The van der Waals surface area contributed by atoms with Gasteiger partial charge in [-0.1, -0.05) is 24.3 Å². The van der Waals surface area contributed by atoms with Crippen LogP contribution in [0.4, 0.5) is 0 Å². The van der Waals surface area contributed by atoms with Crippen molar-refractivity contribution in [2.75, 3.05) is 26.2 Å². The average Bonchev–Trinajstić information content (AvgIpc) is 3.66. The first-order valence-corrected chi connectivity index (χ1v) is 12.1. The molecule has 2 aromatic rings. The van der Waals surface area contributed by atoms with E-state index in [2.05, 4.69) is 16.3 Å². The Kier molecular flexibility index (Phi) is 7.13. The first-order valence-electron chi connectivity index (χ1n) is 11.1. The van der Waals surface area contributed by atoms with E-state index in [9.17, 15) is 9.59 Å². The third-order valence-electron chi connectivity index (χ3n) is 6.05. The largest absolute Gasteiger partial charge is 0.352 e. The highest BCUT2D eigenvalue weighted by molar-refractivity contribution is 7.98. The number of carbonyl (C=O) groups excluding carboxylic acids is 2. The van der Waals surface area contributed by atoms with Gasteiger partial charge in [-0.25, -0.2) is 0 Å². The minimum atomic E-state index is -0.164. The van der Waals surface area contributed by atoms with Crippen LogP contribution in [-0.4, -0.2) is 59.9 Å². The zero-order chi connectivity index (χ0) is 22.5. The molecule has 0 spiro atoms. The van der Waals surface area contributed by atoms with Gasteiger partial charge in [0.15, 0.2) is 0 Å². The number of nitrogens with zero attached hydrogens (tertiary/aromatic N) is 3. The van der Waals surface area contributed by atoms with Gasteiger partial charge in [-0.15, -0.1) is 11.8 Å². The second kappa shape index (κ2) is 10.2. The van der Waals surface area contributed by atoms with E-state index in [0.717, 1.165) is 34.6 Å². The summed E-state index contributed by atoms with van der Waals surface area (Å²) in [7, 11) is 0. The minimum Gasteiger partial charge on any atom is -0.352 e. The molecule has 2 aliphatic rings. The standard InChI is InChI=1S/C25H28N4O2S/c1-18(24(30)27-21-10-11-21)28-12-14-29(15-13-28)25(31)22-4-2-3-5-23(22)32-17-20-8-6-19(16-26)7-9-20/h2-9,18,21H,10-15,17H2,1H3,(H,27,30). The topological polar surface area (TPSA) is 76.4 Å². The fourth-order valence-corrected chi connectivity index (χ4v) is 4.80. The Morgan fingerprint density at radius 1 is 1.09 bits per heavy atom. The lowest BCUT2D eigenvalue weighted by Crippen LogP contribution is -2.55. The first kappa shape index (κ1) is 22.4. The van der Waals surface area contributed by atoms with Gasteiger partial charge in [-0.2, -0.15) is 5.26 Å². The molecule has 32 heavy (non-hydrogen) atoms. The number of hydrogen-bond acceptors (Lipinski definition) is 5. The number of nitrogens with one attached hydrogen (secondary N) is 1. The van der Waals surface area contributed by atoms with E-state index in [-0.39, 0.29) is 17.9 Å². The molecule has 1 N–H and O–H groups in total. The average molecular weight is 449 g/mol. The van der Waals surface area contributed by atoms with Crippen LogP contribution < -0.4 is 5.32 Å². The van der Waals surface area contributed by atoms with E-state index < -0.39 is 0 Å². The Morgan fingerprint density at radius 3 is 2.44 bits per heavy atom. The van der Waals surface area contributed by atoms with Crippen molar-refractivity contribution in [1.29, 1.82) is 5.26 Å². The number of nitriles is 1.